The largest absolute Gasteiger partial charge is 0.497 e. The van der Waals surface area contributed by atoms with Crippen LogP contribution in [0.2, 0.25) is 0 Å². The van der Waals surface area contributed by atoms with E-state index in [-0.39, 0.29) is 18.0 Å². The number of rotatable bonds is 8. The van der Waals surface area contributed by atoms with Crippen LogP contribution in [0.4, 0.5) is 5.69 Å². The lowest BCUT2D eigenvalue weighted by molar-refractivity contribution is -0.116. The van der Waals surface area contributed by atoms with Crippen molar-refractivity contribution in [3.05, 3.63) is 66.7 Å². The molecule has 8 heteroatoms. The summed E-state index contributed by atoms with van der Waals surface area (Å²) in [5.74, 6) is 0.169. The maximum absolute atomic E-state index is 13.0. The first kappa shape index (κ1) is 22.8. The molecule has 0 bridgehead atoms. The van der Waals surface area contributed by atoms with Crippen molar-refractivity contribution in [2.24, 2.45) is 0 Å². The summed E-state index contributed by atoms with van der Waals surface area (Å²) in [4.78, 5) is 12.9. The van der Waals surface area contributed by atoms with Crippen LogP contribution in [-0.2, 0) is 21.4 Å². The Labute approximate surface area is 193 Å². The predicted molar refractivity (Wildman–Crippen MR) is 131 cm³/mol. The average Bonchev–Trinajstić information content (AvgIpc) is 3.15. The van der Waals surface area contributed by atoms with Crippen LogP contribution in [0.5, 0.6) is 5.75 Å². The smallest absolute Gasteiger partial charge is 0.243 e. The van der Waals surface area contributed by atoms with Crippen LogP contribution in [0.25, 0.3) is 21.8 Å². The number of hydrogen-bond acceptors (Lipinski definition) is 4. The standard InChI is InChI=1S/C25H27N3O4S/c1-4-27(33(30,31)20-13-11-19(32-3)12-14-20)17-25(29)26-18-10-15-24-22(16-18)21-8-6-7-9-23(21)28(24)5-2/h6-16H,4-5,17H2,1-3H3,(H,26,29). The van der Waals surface area contributed by atoms with Gasteiger partial charge in [-0.2, -0.15) is 4.31 Å². The van der Waals surface area contributed by atoms with E-state index in [0.717, 1.165) is 32.7 Å². The summed E-state index contributed by atoms with van der Waals surface area (Å²) in [6.07, 6.45) is 0. The van der Waals surface area contributed by atoms with Crippen LogP contribution in [0, 0.1) is 0 Å². The zero-order valence-corrected chi connectivity index (χ0v) is 19.7. The van der Waals surface area contributed by atoms with Crippen molar-refractivity contribution in [1.29, 1.82) is 0 Å². The number of para-hydroxylation sites is 1. The molecule has 1 N–H and O–H groups in total. The zero-order valence-electron chi connectivity index (χ0n) is 18.9. The van der Waals surface area contributed by atoms with Crippen molar-refractivity contribution in [2.75, 3.05) is 25.5 Å². The number of ether oxygens (including phenoxy) is 1. The molecule has 1 aromatic heterocycles. The molecule has 4 aromatic rings. The van der Waals surface area contributed by atoms with Gasteiger partial charge in [0.25, 0.3) is 0 Å². The number of likely N-dealkylation sites (N-methyl/N-ethyl adjacent to an activating group) is 1. The highest BCUT2D eigenvalue weighted by molar-refractivity contribution is 7.89. The number of anilines is 1. The van der Waals surface area contributed by atoms with Gasteiger partial charge in [0.2, 0.25) is 15.9 Å². The number of nitrogens with one attached hydrogen (secondary N) is 1. The number of amides is 1. The molecule has 0 spiro atoms. The second-order valence-electron chi connectivity index (χ2n) is 7.65. The first-order valence-electron chi connectivity index (χ1n) is 10.8. The number of nitrogens with zero attached hydrogens (tertiary/aromatic N) is 2. The Morgan fingerprint density at radius 3 is 2.33 bits per heavy atom. The van der Waals surface area contributed by atoms with E-state index in [2.05, 4.69) is 28.9 Å². The number of methoxy groups -OCH3 is 1. The van der Waals surface area contributed by atoms with Gasteiger partial charge in [0.05, 0.1) is 18.6 Å². The van der Waals surface area contributed by atoms with Gasteiger partial charge in [0.15, 0.2) is 0 Å². The minimum Gasteiger partial charge on any atom is -0.497 e. The van der Waals surface area contributed by atoms with E-state index in [1.165, 1.54) is 19.2 Å². The van der Waals surface area contributed by atoms with E-state index in [1.807, 2.05) is 30.3 Å². The summed E-state index contributed by atoms with van der Waals surface area (Å²) in [5, 5.41) is 5.02. The molecule has 1 amide bonds. The lowest BCUT2D eigenvalue weighted by Gasteiger charge is -2.20. The van der Waals surface area contributed by atoms with E-state index in [1.54, 1.807) is 19.1 Å². The Morgan fingerprint density at radius 2 is 1.67 bits per heavy atom. The Kier molecular flexibility index (Phi) is 6.40. The second kappa shape index (κ2) is 9.25. The van der Waals surface area contributed by atoms with Crippen LogP contribution < -0.4 is 10.1 Å². The fourth-order valence-corrected chi connectivity index (χ4v) is 5.50. The number of carbonyl (C=O) groups excluding carboxylic acids is 1. The number of benzene rings is 3. The Morgan fingerprint density at radius 1 is 0.970 bits per heavy atom. The second-order valence-corrected chi connectivity index (χ2v) is 9.59. The van der Waals surface area contributed by atoms with E-state index in [4.69, 9.17) is 4.74 Å². The number of hydrogen-bond donors (Lipinski definition) is 1. The van der Waals surface area contributed by atoms with Gasteiger partial charge in [-0.05, 0) is 55.5 Å². The summed E-state index contributed by atoms with van der Waals surface area (Å²) in [5.41, 5.74) is 2.86. The normalized spacial score (nSPS) is 11.9. The fraction of sp³-hybridized carbons (Fsp3) is 0.240. The summed E-state index contributed by atoms with van der Waals surface area (Å²) in [6, 6.07) is 20.1. The summed E-state index contributed by atoms with van der Waals surface area (Å²) >= 11 is 0. The topological polar surface area (TPSA) is 80.6 Å². The van der Waals surface area contributed by atoms with E-state index in [0.29, 0.717) is 11.4 Å². The first-order chi connectivity index (χ1) is 15.9. The molecular weight excluding hydrogens is 438 g/mol. The van der Waals surface area contributed by atoms with Gasteiger partial charge in [-0.15, -0.1) is 0 Å². The molecular formula is C25H27N3O4S. The quantitative estimate of drug-likeness (QED) is 0.416. The third-order valence-electron chi connectivity index (χ3n) is 5.74. The summed E-state index contributed by atoms with van der Waals surface area (Å²) in [6.45, 7) is 4.54. The van der Waals surface area contributed by atoms with Gasteiger partial charge in [0.1, 0.15) is 5.75 Å². The molecule has 0 atom stereocenters. The monoisotopic (exact) mass is 465 g/mol. The minimum atomic E-state index is -3.81. The van der Waals surface area contributed by atoms with Gasteiger partial charge in [-0.3, -0.25) is 4.79 Å². The maximum Gasteiger partial charge on any atom is 0.243 e. The molecule has 7 nitrogen and oxygen atoms in total. The van der Waals surface area contributed by atoms with Crippen LogP contribution in [0.1, 0.15) is 13.8 Å². The highest BCUT2D eigenvalue weighted by atomic mass is 32.2. The van der Waals surface area contributed by atoms with Crippen LogP contribution in [0.15, 0.2) is 71.6 Å². The van der Waals surface area contributed by atoms with Gasteiger partial charge in [-0.25, -0.2) is 8.42 Å². The highest BCUT2D eigenvalue weighted by Gasteiger charge is 2.25. The number of aromatic nitrogens is 1. The molecule has 0 aliphatic heterocycles. The molecule has 0 unspecified atom stereocenters. The molecule has 0 saturated heterocycles. The third kappa shape index (κ3) is 4.31. The van der Waals surface area contributed by atoms with Crippen LogP contribution >= 0.6 is 0 Å². The SMILES string of the molecule is CCN(CC(=O)Nc1ccc2c(c1)c1ccccc1n2CC)S(=O)(=O)c1ccc(OC)cc1. The van der Waals surface area contributed by atoms with Crippen molar-refractivity contribution in [3.8, 4) is 5.75 Å². The van der Waals surface area contributed by atoms with Gasteiger partial charge < -0.3 is 14.6 Å². The highest BCUT2D eigenvalue weighted by Crippen LogP contribution is 2.31. The molecule has 3 aromatic carbocycles. The number of sulfonamides is 1. The Bertz CT molecular complexity index is 1410. The zero-order chi connectivity index (χ0) is 23.6. The third-order valence-corrected chi connectivity index (χ3v) is 7.68. The molecule has 0 fully saturated rings. The number of carbonyl (C=O) groups is 1. The van der Waals surface area contributed by atoms with Gasteiger partial charge >= 0.3 is 0 Å². The van der Waals surface area contributed by atoms with E-state index in [9.17, 15) is 13.2 Å². The Hall–Kier alpha value is -3.36. The molecule has 0 radical (unpaired) electrons. The van der Waals surface area contributed by atoms with Crippen molar-refractivity contribution < 1.29 is 17.9 Å². The first-order valence-corrected chi connectivity index (χ1v) is 12.3. The van der Waals surface area contributed by atoms with Gasteiger partial charge in [-0.1, -0.05) is 25.1 Å². The van der Waals surface area contributed by atoms with E-state index >= 15 is 0 Å². The fourth-order valence-electron chi connectivity index (χ4n) is 4.10. The van der Waals surface area contributed by atoms with Crippen LogP contribution in [0.3, 0.4) is 0 Å². The van der Waals surface area contributed by atoms with Gasteiger partial charge in [0, 0.05) is 40.6 Å². The lowest BCUT2D eigenvalue weighted by atomic mass is 10.1. The molecule has 0 aliphatic carbocycles. The van der Waals surface area contributed by atoms with Crippen molar-refractivity contribution in [3.63, 3.8) is 0 Å². The molecule has 0 saturated carbocycles. The van der Waals surface area contributed by atoms with Crippen LogP contribution in [-0.4, -0.2) is 43.4 Å². The number of fused-ring (bicyclic) bond motifs is 3. The van der Waals surface area contributed by atoms with Crippen molar-refractivity contribution >= 4 is 43.4 Å². The van der Waals surface area contributed by atoms with Crippen molar-refractivity contribution in [1.82, 2.24) is 8.87 Å². The molecule has 4 rings (SSSR count). The average molecular weight is 466 g/mol. The molecule has 172 valence electrons. The molecule has 33 heavy (non-hydrogen) atoms. The molecule has 0 aliphatic rings. The maximum atomic E-state index is 13.0. The summed E-state index contributed by atoms with van der Waals surface area (Å²) < 4.78 is 34.5. The summed E-state index contributed by atoms with van der Waals surface area (Å²) in [7, 11) is -2.30. The number of aryl methyl sites for hydroxylation is 1. The van der Waals surface area contributed by atoms with Crippen molar-refractivity contribution in [2.45, 2.75) is 25.3 Å². The Balaban J connectivity index is 1.56. The molecule has 1 heterocycles. The predicted octanol–water partition coefficient (Wildman–Crippen LogP) is 4.47. The lowest BCUT2D eigenvalue weighted by Crippen LogP contribution is -2.37. The minimum absolute atomic E-state index is 0.117. The van der Waals surface area contributed by atoms with E-state index < -0.39 is 15.9 Å².